The third-order valence-electron chi connectivity index (χ3n) is 6.45. The molecule has 4 aromatic rings. The lowest BCUT2D eigenvalue weighted by Crippen LogP contribution is -2.21. The Morgan fingerprint density at radius 3 is 2.50 bits per heavy atom. The maximum Gasteiger partial charge on any atom is 0.282 e. The predicted molar refractivity (Wildman–Crippen MR) is 164 cm³/mol. The van der Waals surface area contributed by atoms with E-state index < -0.39 is 0 Å². The molecule has 0 aliphatic carbocycles. The molecule has 0 saturated carbocycles. The van der Waals surface area contributed by atoms with Gasteiger partial charge < -0.3 is 9.47 Å². The van der Waals surface area contributed by atoms with Gasteiger partial charge in [-0.2, -0.15) is 9.78 Å². The minimum Gasteiger partial charge on any atom is -0.494 e. The van der Waals surface area contributed by atoms with E-state index in [1.807, 2.05) is 56.3 Å². The van der Waals surface area contributed by atoms with Crippen LogP contribution in [0.3, 0.4) is 0 Å². The predicted octanol–water partition coefficient (Wildman–Crippen LogP) is 7.56. The molecule has 1 heterocycles. The summed E-state index contributed by atoms with van der Waals surface area (Å²) < 4.78 is 14.3. The molecule has 0 amide bonds. The molecule has 7 heteroatoms. The SMILES string of the molecule is CCOc1cc(C)c(-c2nc3ccccc3c(=O)n2N=Cc2ccc(O[C@@H](C)CC)c(I)c2)cc1C(C)C. The second kappa shape index (κ2) is 12.1. The molecule has 0 aliphatic heterocycles. The van der Waals surface area contributed by atoms with E-state index >= 15 is 0 Å². The highest BCUT2D eigenvalue weighted by Gasteiger charge is 2.18. The van der Waals surface area contributed by atoms with Gasteiger partial charge in [-0.05, 0) is 115 Å². The topological polar surface area (TPSA) is 65.7 Å². The molecule has 0 spiro atoms. The number of rotatable bonds is 9. The molecular weight excluding hydrogens is 589 g/mol. The summed E-state index contributed by atoms with van der Waals surface area (Å²) in [5, 5.41) is 5.19. The van der Waals surface area contributed by atoms with E-state index in [1.54, 1.807) is 12.3 Å². The van der Waals surface area contributed by atoms with Gasteiger partial charge in [0.15, 0.2) is 5.82 Å². The van der Waals surface area contributed by atoms with E-state index in [1.165, 1.54) is 4.68 Å². The number of hydrogen-bond donors (Lipinski definition) is 0. The van der Waals surface area contributed by atoms with Gasteiger partial charge in [-0.25, -0.2) is 4.98 Å². The van der Waals surface area contributed by atoms with E-state index in [4.69, 9.17) is 14.5 Å². The van der Waals surface area contributed by atoms with Crippen molar-refractivity contribution < 1.29 is 9.47 Å². The quantitative estimate of drug-likeness (QED) is 0.143. The lowest BCUT2D eigenvalue weighted by Gasteiger charge is -2.18. The average molecular weight is 624 g/mol. The third kappa shape index (κ3) is 5.93. The molecule has 38 heavy (non-hydrogen) atoms. The number of nitrogens with zero attached hydrogens (tertiary/aromatic N) is 3. The van der Waals surface area contributed by atoms with Gasteiger partial charge in [-0.15, -0.1) is 0 Å². The van der Waals surface area contributed by atoms with Gasteiger partial charge in [0.25, 0.3) is 5.56 Å². The lowest BCUT2D eigenvalue weighted by molar-refractivity contribution is 0.216. The molecule has 0 bridgehead atoms. The molecule has 198 valence electrons. The van der Waals surface area contributed by atoms with Gasteiger partial charge in [0.05, 0.1) is 33.4 Å². The third-order valence-corrected chi connectivity index (χ3v) is 7.30. The van der Waals surface area contributed by atoms with Crippen LogP contribution in [0.2, 0.25) is 0 Å². The summed E-state index contributed by atoms with van der Waals surface area (Å²) >= 11 is 2.27. The normalized spacial score (nSPS) is 12.4. The summed E-state index contributed by atoms with van der Waals surface area (Å²) in [4.78, 5) is 18.6. The highest BCUT2D eigenvalue weighted by atomic mass is 127. The first-order valence-electron chi connectivity index (χ1n) is 13.0. The fourth-order valence-corrected chi connectivity index (χ4v) is 4.86. The van der Waals surface area contributed by atoms with Gasteiger partial charge in [-0.1, -0.05) is 32.9 Å². The Kier molecular flexibility index (Phi) is 8.87. The van der Waals surface area contributed by atoms with E-state index in [2.05, 4.69) is 61.5 Å². The maximum absolute atomic E-state index is 13.7. The Labute approximate surface area is 237 Å². The minimum absolute atomic E-state index is 0.140. The maximum atomic E-state index is 13.7. The van der Waals surface area contributed by atoms with Gasteiger partial charge in [0, 0.05) is 5.56 Å². The first-order chi connectivity index (χ1) is 18.2. The molecule has 0 unspecified atom stereocenters. The number of aryl methyl sites for hydroxylation is 1. The standard InChI is InChI=1S/C31H34IN3O3/c1-7-21(6)38-28-14-13-22(16-26(28)32)18-33-35-30(34-27-12-10-9-11-23(27)31(35)36)25-17-24(19(3)4)29(37-8-2)15-20(25)5/h9-19,21H,7-8H2,1-6H3/t21-/m0/s1. The summed E-state index contributed by atoms with van der Waals surface area (Å²) in [6.07, 6.45) is 2.77. The van der Waals surface area contributed by atoms with Crippen LogP contribution in [0, 0.1) is 10.5 Å². The monoisotopic (exact) mass is 623 g/mol. The minimum atomic E-state index is -0.215. The number of hydrogen-bond acceptors (Lipinski definition) is 5. The molecule has 0 fully saturated rings. The van der Waals surface area contributed by atoms with Gasteiger partial charge in [0.1, 0.15) is 11.5 Å². The summed E-state index contributed by atoms with van der Waals surface area (Å²) in [5.41, 5.74) is 4.17. The molecule has 1 aromatic heterocycles. The smallest absolute Gasteiger partial charge is 0.282 e. The van der Waals surface area contributed by atoms with Crippen LogP contribution in [-0.2, 0) is 0 Å². The fourth-order valence-electron chi connectivity index (χ4n) is 4.19. The Balaban J connectivity index is 1.87. The van der Waals surface area contributed by atoms with E-state index in [9.17, 15) is 4.79 Å². The molecule has 1 atom stereocenters. The summed E-state index contributed by atoms with van der Waals surface area (Å²) in [6.45, 7) is 13.0. The number of halogens is 1. The average Bonchev–Trinajstić information content (AvgIpc) is 2.89. The summed E-state index contributed by atoms with van der Waals surface area (Å²) in [6, 6.07) is 17.4. The Morgan fingerprint density at radius 1 is 1.05 bits per heavy atom. The number of benzene rings is 3. The molecule has 0 saturated heterocycles. The van der Waals surface area contributed by atoms with Crippen LogP contribution in [0.15, 0.2) is 64.5 Å². The number of para-hydroxylation sites is 1. The molecule has 0 aliphatic rings. The highest BCUT2D eigenvalue weighted by Crippen LogP contribution is 2.34. The van der Waals surface area contributed by atoms with Crippen molar-refractivity contribution in [2.24, 2.45) is 5.10 Å². The van der Waals surface area contributed by atoms with Crippen LogP contribution in [0.25, 0.3) is 22.3 Å². The summed E-state index contributed by atoms with van der Waals surface area (Å²) in [7, 11) is 0. The van der Waals surface area contributed by atoms with E-state index in [-0.39, 0.29) is 17.6 Å². The fraction of sp³-hybridized carbons (Fsp3) is 0.323. The van der Waals surface area contributed by atoms with Gasteiger partial charge >= 0.3 is 0 Å². The number of aromatic nitrogens is 2. The zero-order valence-electron chi connectivity index (χ0n) is 22.8. The first-order valence-corrected chi connectivity index (χ1v) is 14.1. The van der Waals surface area contributed by atoms with E-state index in [0.29, 0.717) is 23.3 Å². The largest absolute Gasteiger partial charge is 0.494 e. The zero-order chi connectivity index (χ0) is 27.4. The number of ether oxygens (including phenoxy) is 2. The zero-order valence-corrected chi connectivity index (χ0v) is 24.9. The van der Waals surface area contributed by atoms with Gasteiger partial charge in [0.2, 0.25) is 0 Å². The lowest BCUT2D eigenvalue weighted by atomic mass is 9.96. The van der Waals surface area contributed by atoms with Crippen molar-refractivity contribution in [2.45, 2.75) is 60.0 Å². The Morgan fingerprint density at radius 2 is 1.82 bits per heavy atom. The van der Waals surface area contributed by atoms with Crippen LogP contribution in [0.5, 0.6) is 11.5 Å². The van der Waals surface area contributed by atoms with Crippen molar-refractivity contribution in [1.29, 1.82) is 0 Å². The molecule has 4 rings (SSSR count). The van der Waals surface area contributed by atoms with Crippen molar-refractivity contribution in [1.82, 2.24) is 9.66 Å². The number of fused-ring (bicyclic) bond motifs is 1. The van der Waals surface area contributed by atoms with Crippen LogP contribution in [0.1, 0.15) is 63.6 Å². The second-order valence-electron chi connectivity index (χ2n) is 9.63. The van der Waals surface area contributed by atoms with Crippen molar-refractivity contribution in [3.05, 3.63) is 85.2 Å². The van der Waals surface area contributed by atoms with Crippen molar-refractivity contribution in [2.75, 3.05) is 6.61 Å². The molecule has 3 aromatic carbocycles. The van der Waals surface area contributed by atoms with E-state index in [0.717, 1.165) is 43.7 Å². The highest BCUT2D eigenvalue weighted by molar-refractivity contribution is 14.1. The Bertz CT molecular complexity index is 1540. The van der Waals surface area contributed by atoms with Crippen LogP contribution in [0.4, 0.5) is 0 Å². The van der Waals surface area contributed by atoms with Gasteiger partial charge in [-0.3, -0.25) is 4.79 Å². The molecule has 0 N–H and O–H groups in total. The summed E-state index contributed by atoms with van der Waals surface area (Å²) in [5.74, 6) is 2.43. The van der Waals surface area contributed by atoms with Crippen LogP contribution >= 0.6 is 22.6 Å². The Hall–Kier alpha value is -3.20. The van der Waals surface area contributed by atoms with Crippen molar-refractivity contribution in [3.8, 4) is 22.9 Å². The second-order valence-corrected chi connectivity index (χ2v) is 10.8. The van der Waals surface area contributed by atoms with Crippen molar-refractivity contribution in [3.63, 3.8) is 0 Å². The van der Waals surface area contributed by atoms with Crippen LogP contribution in [-0.4, -0.2) is 28.6 Å². The molecule has 6 nitrogen and oxygen atoms in total. The molecular formula is C31H34IN3O3. The molecule has 0 radical (unpaired) electrons. The van der Waals surface area contributed by atoms with Crippen LogP contribution < -0.4 is 15.0 Å². The van der Waals surface area contributed by atoms with Crippen molar-refractivity contribution >= 4 is 39.7 Å². The first kappa shape index (κ1) is 27.8.